The van der Waals surface area contributed by atoms with Crippen molar-refractivity contribution >= 4 is 40.6 Å². The van der Waals surface area contributed by atoms with Gasteiger partial charge in [0.1, 0.15) is 10.8 Å². The number of aryl methyl sites for hydroxylation is 2. The Balaban J connectivity index is 1.64. The van der Waals surface area contributed by atoms with E-state index >= 15 is 0 Å². The molecule has 0 bridgehead atoms. The summed E-state index contributed by atoms with van der Waals surface area (Å²) in [5.74, 6) is -0.0810. The largest absolute Gasteiger partial charge is 0.465 e. The van der Waals surface area contributed by atoms with Crippen LogP contribution in [0.2, 0.25) is 5.02 Å². The third kappa shape index (κ3) is 5.07. The molecule has 0 aliphatic carbocycles. The monoisotopic (exact) mass is 522 g/mol. The number of nitrogens with one attached hydrogen (secondary N) is 1. The zero-order valence-corrected chi connectivity index (χ0v) is 21.4. The predicted octanol–water partition coefficient (Wildman–Crippen LogP) is 4.80. The second kappa shape index (κ2) is 10.8. The van der Waals surface area contributed by atoms with E-state index in [1.165, 1.54) is 24.5 Å². The molecule has 2 aromatic heterocycles. The minimum absolute atomic E-state index is 0.0568. The number of halogens is 1. The molecule has 0 atom stereocenters. The summed E-state index contributed by atoms with van der Waals surface area (Å²) in [4.78, 5) is 39.1. The molecule has 0 saturated heterocycles. The summed E-state index contributed by atoms with van der Waals surface area (Å²) in [5.41, 5.74) is 1.48. The highest BCUT2D eigenvalue weighted by atomic mass is 35.5. The average Bonchev–Trinajstić information content (AvgIpc) is 3.49. The number of carbonyl (C=O) groups is 3. The molecule has 4 rings (SSSR count). The molecule has 2 aromatic carbocycles. The number of ketones is 1. The Morgan fingerprint density at radius 3 is 2.50 bits per heavy atom. The Bertz CT molecular complexity index is 1460. The number of nitrogens with zero attached hydrogens (tertiary/aromatic N) is 3. The number of benzene rings is 2. The molecule has 0 fully saturated rings. The van der Waals surface area contributed by atoms with Gasteiger partial charge >= 0.3 is 5.97 Å². The molecule has 0 aliphatic heterocycles. The number of rotatable bonds is 8. The van der Waals surface area contributed by atoms with E-state index < -0.39 is 5.97 Å². The summed E-state index contributed by atoms with van der Waals surface area (Å²) in [6.07, 6.45) is 0.747. The van der Waals surface area contributed by atoms with E-state index in [-0.39, 0.29) is 23.8 Å². The van der Waals surface area contributed by atoms with Crippen LogP contribution < -0.4 is 5.32 Å². The van der Waals surface area contributed by atoms with Crippen molar-refractivity contribution in [3.8, 4) is 5.00 Å². The zero-order chi connectivity index (χ0) is 25.8. The summed E-state index contributed by atoms with van der Waals surface area (Å²) in [6, 6.07) is 15.0. The fourth-order valence-electron chi connectivity index (χ4n) is 3.68. The fourth-order valence-corrected chi connectivity index (χ4v) is 5.06. The summed E-state index contributed by atoms with van der Waals surface area (Å²) in [7, 11) is 1.28. The van der Waals surface area contributed by atoms with Crippen molar-refractivity contribution in [1.82, 2.24) is 20.1 Å². The van der Waals surface area contributed by atoms with Gasteiger partial charge in [-0.3, -0.25) is 14.2 Å². The molecule has 0 spiro atoms. The number of thiophene rings is 1. The number of ether oxygens (including phenoxy) is 1. The van der Waals surface area contributed by atoms with Gasteiger partial charge in [0.05, 0.1) is 29.8 Å². The molecular formula is C26H23ClN4O4S. The van der Waals surface area contributed by atoms with Crippen molar-refractivity contribution in [2.75, 3.05) is 7.11 Å². The van der Waals surface area contributed by atoms with Crippen LogP contribution in [0.25, 0.3) is 5.00 Å². The van der Waals surface area contributed by atoms with Crippen molar-refractivity contribution in [2.24, 2.45) is 0 Å². The van der Waals surface area contributed by atoms with Gasteiger partial charge in [-0.2, -0.15) is 0 Å². The fraction of sp³-hybridized carbons (Fsp3) is 0.192. The number of hydrogen-bond donors (Lipinski definition) is 1. The van der Waals surface area contributed by atoms with Gasteiger partial charge in [-0.05, 0) is 49.7 Å². The number of carbonyl (C=O) groups excluding carboxylic acids is 3. The van der Waals surface area contributed by atoms with Gasteiger partial charge in [-0.1, -0.05) is 36.7 Å². The number of aromatic nitrogens is 3. The lowest BCUT2D eigenvalue weighted by molar-refractivity contribution is 0.0600. The molecule has 0 aliphatic rings. The zero-order valence-electron chi connectivity index (χ0n) is 19.9. The lowest BCUT2D eigenvalue weighted by atomic mass is 10.0. The summed E-state index contributed by atoms with van der Waals surface area (Å²) in [5, 5.41) is 12.3. The average molecular weight is 523 g/mol. The smallest absolute Gasteiger partial charge is 0.337 e. The molecule has 0 radical (unpaired) electrons. The first kappa shape index (κ1) is 25.3. The first-order chi connectivity index (χ1) is 17.3. The van der Waals surface area contributed by atoms with Crippen LogP contribution in [0, 0.1) is 6.92 Å². The predicted molar refractivity (Wildman–Crippen MR) is 137 cm³/mol. The van der Waals surface area contributed by atoms with E-state index in [1.54, 1.807) is 54.0 Å². The second-order valence-electron chi connectivity index (χ2n) is 7.85. The molecule has 1 amide bonds. The maximum Gasteiger partial charge on any atom is 0.337 e. The molecule has 4 aromatic rings. The Hall–Kier alpha value is -3.82. The third-order valence-electron chi connectivity index (χ3n) is 5.52. The standard InChI is InChI=1S/C26H23ClN4O4S/c1-4-18-13-20(23(32)19-10-5-6-11-21(19)27)25(36-18)31-15(2)29-30-22(31)14-28-24(33)16-8-7-9-17(12-16)26(34)35-3/h5-13H,4,14H2,1-3H3,(H,28,33). The first-order valence-corrected chi connectivity index (χ1v) is 12.3. The Kier molecular flexibility index (Phi) is 7.61. The lowest BCUT2D eigenvalue weighted by Crippen LogP contribution is -2.25. The van der Waals surface area contributed by atoms with Crippen molar-refractivity contribution in [3.63, 3.8) is 0 Å². The van der Waals surface area contributed by atoms with Gasteiger partial charge in [0.2, 0.25) is 0 Å². The molecular weight excluding hydrogens is 500 g/mol. The van der Waals surface area contributed by atoms with Crippen LogP contribution in [0.15, 0.2) is 54.6 Å². The van der Waals surface area contributed by atoms with Crippen LogP contribution in [0.4, 0.5) is 0 Å². The molecule has 184 valence electrons. The Morgan fingerprint density at radius 2 is 1.78 bits per heavy atom. The van der Waals surface area contributed by atoms with Crippen molar-refractivity contribution < 1.29 is 19.1 Å². The SMILES string of the molecule is CCc1cc(C(=O)c2ccccc2Cl)c(-n2c(C)nnc2CNC(=O)c2cccc(C(=O)OC)c2)s1. The molecule has 2 heterocycles. The van der Waals surface area contributed by atoms with E-state index in [9.17, 15) is 14.4 Å². The van der Waals surface area contributed by atoms with E-state index in [0.717, 1.165) is 11.3 Å². The van der Waals surface area contributed by atoms with Crippen molar-refractivity contribution in [3.05, 3.63) is 98.4 Å². The van der Waals surface area contributed by atoms with Gasteiger partial charge in [0, 0.05) is 16.0 Å². The van der Waals surface area contributed by atoms with Gasteiger partial charge in [0.15, 0.2) is 11.6 Å². The maximum absolute atomic E-state index is 13.5. The van der Waals surface area contributed by atoms with E-state index in [1.807, 2.05) is 13.0 Å². The molecule has 8 nitrogen and oxygen atoms in total. The first-order valence-electron chi connectivity index (χ1n) is 11.1. The van der Waals surface area contributed by atoms with Gasteiger partial charge in [-0.15, -0.1) is 21.5 Å². The van der Waals surface area contributed by atoms with Crippen LogP contribution in [-0.4, -0.2) is 39.5 Å². The number of methoxy groups -OCH3 is 1. The second-order valence-corrected chi connectivity index (χ2v) is 9.37. The highest BCUT2D eigenvalue weighted by molar-refractivity contribution is 7.15. The van der Waals surface area contributed by atoms with E-state index in [2.05, 4.69) is 15.5 Å². The van der Waals surface area contributed by atoms with Crippen LogP contribution in [0.5, 0.6) is 0 Å². The van der Waals surface area contributed by atoms with Crippen molar-refractivity contribution in [1.29, 1.82) is 0 Å². The van der Waals surface area contributed by atoms with Crippen molar-refractivity contribution in [2.45, 2.75) is 26.8 Å². The summed E-state index contributed by atoms with van der Waals surface area (Å²) in [6.45, 7) is 3.86. The molecule has 36 heavy (non-hydrogen) atoms. The third-order valence-corrected chi connectivity index (χ3v) is 7.12. The van der Waals surface area contributed by atoms with Crippen LogP contribution >= 0.6 is 22.9 Å². The highest BCUT2D eigenvalue weighted by Gasteiger charge is 2.24. The quantitative estimate of drug-likeness (QED) is 0.263. The minimum Gasteiger partial charge on any atom is -0.465 e. The lowest BCUT2D eigenvalue weighted by Gasteiger charge is -2.11. The Morgan fingerprint density at radius 1 is 1.03 bits per heavy atom. The van der Waals surface area contributed by atoms with Gasteiger partial charge < -0.3 is 10.1 Å². The van der Waals surface area contributed by atoms with E-state index in [0.29, 0.717) is 38.4 Å². The normalized spacial score (nSPS) is 10.8. The van der Waals surface area contributed by atoms with Gasteiger partial charge in [-0.25, -0.2) is 4.79 Å². The number of esters is 1. The molecule has 1 N–H and O–H groups in total. The topological polar surface area (TPSA) is 103 Å². The number of amides is 1. The minimum atomic E-state index is -0.528. The molecule has 0 saturated carbocycles. The van der Waals surface area contributed by atoms with Crippen LogP contribution in [0.3, 0.4) is 0 Å². The summed E-state index contributed by atoms with van der Waals surface area (Å²) >= 11 is 7.77. The summed E-state index contributed by atoms with van der Waals surface area (Å²) < 4.78 is 6.50. The highest BCUT2D eigenvalue weighted by Crippen LogP contribution is 2.32. The van der Waals surface area contributed by atoms with Gasteiger partial charge in [0.25, 0.3) is 5.91 Å². The number of hydrogen-bond acceptors (Lipinski definition) is 7. The van der Waals surface area contributed by atoms with Crippen LogP contribution in [-0.2, 0) is 17.7 Å². The maximum atomic E-state index is 13.5. The van der Waals surface area contributed by atoms with Crippen LogP contribution in [0.1, 0.15) is 60.1 Å². The Labute approximate surface area is 216 Å². The van der Waals surface area contributed by atoms with E-state index in [4.69, 9.17) is 16.3 Å². The molecule has 0 unspecified atom stereocenters. The molecule has 10 heteroatoms.